The summed E-state index contributed by atoms with van der Waals surface area (Å²) in [6.07, 6.45) is 5.91. The Labute approximate surface area is 134 Å². The van der Waals surface area contributed by atoms with E-state index in [4.69, 9.17) is 9.47 Å². The lowest BCUT2D eigenvalue weighted by Crippen LogP contribution is -2.40. The lowest BCUT2D eigenvalue weighted by Gasteiger charge is -2.31. The molecule has 0 radical (unpaired) electrons. The zero-order valence-electron chi connectivity index (χ0n) is 14.0. The molecule has 0 spiro atoms. The summed E-state index contributed by atoms with van der Waals surface area (Å²) >= 11 is 0. The second-order valence-electron chi connectivity index (χ2n) is 6.55. The minimum Gasteiger partial charge on any atom is -0.379 e. The number of carbonyl (C=O) groups is 1. The van der Waals surface area contributed by atoms with Gasteiger partial charge in [0.05, 0.1) is 13.2 Å². The molecule has 2 heterocycles. The number of carbonyl (C=O) groups excluding carboxylic acids is 1. The van der Waals surface area contributed by atoms with Gasteiger partial charge in [-0.3, -0.25) is 4.79 Å². The third kappa shape index (κ3) is 6.23. The van der Waals surface area contributed by atoms with Crippen LogP contribution in [-0.2, 0) is 14.3 Å². The van der Waals surface area contributed by atoms with Gasteiger partial charge in [0.2, 0.25) is 5.91 Å². The van der Waals surface area contributed by atoms with E-state index in [0.29, 0.717) is 19.1 Å². The number of hydrogen-bond acceptors (Lipinski definition) is 4. The number of piperidine rings is 2. The summed E-state index contributed by atoms with van der Waals surface area (Å²) < 4.78 is 11.1. The number of nitrogens with zero attached hydrogens (tertiary/aromatic N) is 1. The summed E-state index contributed by atoms with van der Waals surface area (Å²) in [4.78, 5) is 14.0. The highest BCUT2D eigenvalue weighted by molar-refractivity contribution is 5.77. The fourth-order valence-corrected chi connectivity index (χ4v) is 3.26. The normalized spacial score (nSPS) is 21.2. The van der Waals surface area contributed by atoms with E-state index < -0.39 is 0 Å². The molecule has 0 saturated carbocycles. The van der Waals surface area contributed by atoms with Crippen LogP contribution in [0.2, 0.25) is 0 Å². The van der Waals surface area contributed by atoms with Gasteiger partial charge in [-0.25, -0.2) is 0 Å². The molecule has 22 heavy (non-hydrogen) atoms. The topological polar surface area (TPSA) is 50.8 Å². The van der Waals surface area contributed by atoms with E-state index >= 15 is 0 Å². The molecule has 0 unspecified atom stereocenters. The number of ether oxygens (including phenoxy) is 2. The quantitative estimate of drug-likeness (QED) is 0.693. The molecule has 0 bridgehead atoms. The van der Waals surface area contributed by atoms with Gasteiger partial charge in [0.1, 0.15) is 6.61 Å². The van der Waals surface area contributed by atoms with E-state index in [1.54, 1.807) is 0 Å². The molecule has 0 aromatic carbocycles. The number of hydrogen-bond donors (Lipinski definition) is 1. The third-order valence-electron chi connectivity index (χ3n) is 4.95. The zero-order chi connectivity index (χ0) is 15.6. The molecule has 2 rings (SSSR count). The number of rotatable bonds is 8. The van der Waals surface area contributed by atoms with Crippen LogP contribution < -0.4 is 5.32 Å². The van der Waals surface area contributed by atoms with E-state index in [9.17, 15) is 4.79 Å². The minimum absolute atomic E-state index is 0.132. The molecule has 0 aliphatic carbocycles. The molecule has 5 heteroatoms. The van der Waals surface area contributed by atoms with E-state index in [1.807, 2.05) is 4.90 Å². The van der Waals surface area contributed by atoms with Gasteiger partial charge in [-0.1, -0.05) is 13.3 Å². The summed E-state index contributed by atoms with van der Waals surface area (Å²) in [5.41, 5.74) is 0. The number of nitrogens with one attached hydrogen (secondary N) is 1. The van der Waals surface area contributed by atoms with Crippen molar-refractivity contribution < 1.29 is 14.3 Å². The SMILES string of the molecule is CCC1CCN(C(=O)COCCOCC2CCNCC2)CC1. The first-order valence-electron chi connectivity index (χ1n) is 8.93. The van der Waals surface area contributed by atoms with Crippen molar-refractivity contribution in [3.8, 4) is 0 Å². The maximum absolute atomic E-state index is 12.0. The first kappa shape index (κ1) is 17.7. The molecular weight excluding hydrogens is 280 g/mol. The second kappa shape index (κ2) is 10.2. The van der Waals surface area contributed by atoms with Gasteiger partial charge in [0.15, 0.2) is 0 Å². The molecule has 5 nitrogen and oxygen atoms in total. The summed E-state index contributed by atoms with van der Waals surface area (Å²) in [6.45, 7) is 8.37. The van der Waals surface area contributed by atoms with Crippen LogP contribution >= 0.6 is 0 Å². The molecule has 0 aromatic heterocycles. The predicted molar refractivity (Wildman–Crippen MR) is 86.8 cm³/mol. The van der Waals surface area contributed by atoms with Crippen LogP contribution in [0.3, 0.4) is 0 Å². The first-order valence-corrected chi connectivity index (χ1v) is 8.93. The van der Waals surface area contributed by atoms with Crippen molar-refractivity contribution in [1.29, 1.82) is 0 Å². The fourth-order valence-electron chi connectivity index (χ4n) is 3.26. The van der Waals surface area contributed by atoms with Crippen LogP contribution in [0.25, 0.3) is 0 Å². The molecule has 2 fully saturated rings. The molecule has 0 aromatic rings. The summed E-state index contributed by atoms with van der Waals surface area (Å²) in [7, 11) is 0. The van der Waals surface area contributed by atoms with Crippen LogP contribution in [0.4, 0.5) is 0 Å². The van der Waals surface area contributed by atoms with Gasteiger partial charge in [-0.05, 0) is 50.6 Å². The van der Waals surface area contributed by atoms with Crippen LogP contribution in [0, 0.1) is 11.8 Å². The number of likely N-dealkylation sites (tertiary alicyclic amines) is 1. The molecule has 0 atom stereocenters. The standard InChI is InChI=1S/C17H32N2O3/c1-2-15-5-9-19(10-6-15)17(20)14-22-12-11-21-13-16-3-7-18-8-4-16/h15-16,18H,2-14H2,1H3. The Kier molecular flexibility index (Phi) is 8.20. The number of amides is 1. The minimum atomic E-state index is 0.132. The summed E-state index contributed by atoms with van der Waals surface area (Å²) in [6, 6.07) is 0. The maximum Gasteiger partial charge on any atom is 0.248 e. The van der Waals surface area contributed by atoms with Crippen molar-refractivity contribution in [3.63, 3.8) is 0 Å². The fraction of sp³-hybridized carbons (Fsp3) is 0.941. The van der Waals surface area contributed by atoms with Crippen molar-refractivity contribution in [1.82, 2.24) is 10.2 Å². The largest absolute Gasteiger partial charge is 0.379 e. The highest BCUT2D eigenvalue weighted by Crippen LogP contribution is 2.19. The zero-order valence-corrected chi connectivity index (χ0v) is 14.0. The lowest BCUT2D eigenvalue weighted by atomic mass is 9.94. The highest BCUT2D eigenvalue weighted by Gasteiger charge is 2.21. The third-order valence-corrected chi connectivity index (χ3v) is 4.95. The van der Waals surface area contributed by atoms with Crippen molar-refractivity contribution in [2.75, 3.05) is 52.6 Å². The van der Waals surface area contributed by atoms with E-state index in [0.717, 1.165) is 51.5 Å². The van der Waals surface area contributed by atoms with Gasteiger partial charge < -0.3 is 19.7 Å². The van der Waals surface area contributed by atoms with Crippen molar-refractivity contribution in [2.24, 2.45) is 11.8 Å². The summed E-state index contributed by atoms with van der Waals surface area (Å²) in [5.74, 6) is 1.61. The molecule has 2 aliphatic rings. The van der Waals surface area contributed by atoms with Crippen LogP contribution in [0.1, 0.15) is 39.0 Å². The van der Waals surface area contributed by atoms with Crippen molar-refractivity contribution in [2.45, 2.75) is 39.0 Å². The Balaban J connectivity index is 1.45. The van der Waals surface area contributed by atoms with Gasteiger partial charge in [-0.15, -0.1) is 0 Å². The van der Waals surface area contributed by atoms with E-state index in [-0.39, 0.29) is 12.5 Å². The maximum atomic E-state index is 12.0. The van der Waals surface area contributed by atoms with Crippen molar-refractivity contribution >= 4 is 5.91 Å². The Morgan fingerprint density at radius 1 is 1.05 bits per heavy atom. The average molecular weight is 312 g/mol. The summed E-state index contributed by atoms with van der Waals surface area (Å²) in [5, 5.41) is 3.35. The van der Waals surface area contributed by atoms with Crippen molar-refractivity contribution in [3.05, 3.63) is 0 Å². The van der Waals surface area contributed by atoms with Crippen LogP contribution in [0.15, 0.2) is 0 Å². The highest BCUT2D eigenvalue weighted by atomic mass is 16.5. The Morgan fingerprint density at radius 2 is 1.73 bits per heavy atom. The smallest absolute Gasteiger partial charge is 0.248 e. The Hall–Kier alpha value is -0.650. The van der Waals surface area contributed by atoms with Gasteiger partial charge in [-0.2, -0.15) is 0 Å². The van der Waals surface area contributed by atoms with Gasteiger partial charge in [0, 0.05) is 19.7 Å². The molecule has 1 amide bonds. The first-order chi connectivity index (χ1) is 10.8. The van der Waals surface area contributed by atoms with E-state index in [1.165, 1.54) is 19.3 Å². The predicted octanol–water partition coefficient (Wildman–Crippen LogP) is 1.67. The van der Waals surface area contributed by atoms with Crippen LogP contribution in [0.5, 0.6) is 0 Å². The van der Waals surface area contributed by atoms with E-state index in [2.05, 4.69) is 12.2 Å². The van der Waals surface area contributed by atoms with Gasteiger partial charge >= 0.3 is 0 Å². The van der Waals surface area contributed by atoms with Gasteiger partial charge in [0.25, 0.3) is 0 Å². The molecule has 2 saturated heterocycles. The Morgan fingerprint density at radius 3 is 2.41 bits per heavy atom. The molecule has 2 aliphatic heterocycles. The second-order valence-corrected chi connectivity index (χ2v) is 6.55. The molecular formula is C17H32N2O3. The lowest BCUT2D eigenvalue weighted by molar-refractivity contribution is -0.138. The monoisotopic (exact) mass is 312 g/mol. The molecule has 1 N–H and O–H groups in total. The average Bonchev–Trinajstić information content (AvgIpc) is 2.58. The Bertz CT molecular complexity index is 311. The van der Waals surface area contributed by atoms with Crippen LogP contribution in [-0.4, -0.2) is 63.4 Å². The molecule has 128 valence electrons.